The minimum atomic E-state index is -3.46. The number of pyridine rings is 1. The molecule has 0 saturated carbocycles. The van der Waals surface area contributed by atoms with Gasteiger partial charge in [0.1, 0.15) is 5.82 Å². The fourth-order valence-electron chi connectivity index (χ4n) is 2.25. The first kappa shape index (κ1) is 15.5. The predicted molar refractivity (Wildman–Crippen MR) is 86.4 cm³/mol. The summed E-state index contributed by atoms with van der Waals surface area (Å²) in [6.07, 6.45) is 3.74. The average molecular weight is 304 g/mol. The van der Waals surface area contributed by atoms with Crippen molar-refractivity contribution < 1.29 is 8.42 Å². The minimum Gasteiger partial charge on any atom is -0.238 e. The molecule has 0 aliphatic heterocycles. The van der Waals surface area contributed by atoms with Crippen LogP contribution in [0.5, 0.6) is 0 Å². The lowest BCUT2D eigenvalue weighted by Crippen LogP contribution is -2.26. The monoisotopic (exact) mass is 304 g/mol. The number of hydrogen-bond donors (Lipinski definition) is 0. The summed E-state index contributed by atoms with van der Waals surface area (Å²) in [4.78, 5) is 4.19. The van der Waals surface area contributed by atoms with Gasteiger partial charge in [0.2, 0.25) is 10.0 Å². The Morgan fingerprint density at radius 1 is 1.14 bits per heavy atom. The molecule has 4 nitrogen and oxygen atoms in total. The highest BCUT2D eigenvalue weighted by Crippen LogP contribution is 2.34. The molecule has 2 aromatic rings. The van der Waals surface area contributed by atoms with Crippen LogP contribution in [0.2, 0.25) is 0 Å². The third-order valence-corrected chi connectivity index (χ3v) is 4.53. The van der Waals surface area contributed by atoms with Gasteiger partial charge >= 0.3 is 0 Å². The van der Waals surface area contributed by atoms with Crippen molar-refractivity contribution in [2.24, 2.45) is 0 Å². The van der Waals surface area contributed by atoms with Crippen molar-refractivity contribution in [2.45, 2.75) is 26.2 Å². The van der Waals surface area contributed by atoms with Crippen molar-refractivity contribution in [3.63, 3.8) is 0 Å². The minimum absolute atomic E-state index is 0.272. The molecule has 0 fully saturated rings. The second kappa shape index (κ2) is 6.26. The summed E-state index contributed by atoms with van der Waals surface area (Å²) in [6.45, 7) is 4.19. The van der Waals surface area contributed by atoms with E-state index < -0.39 is 10.0 Å². The molecule has 0 saturated heterocycles. The summed E-state index contributed by atoms with van der Waals surface area (Å²) >= 11 is 0. The molecule has 1 heterocycles. The summed E-state index contributed by atoms with van der Waals surface area (Å²) in [6, 6.07) is 12.8. The van der Waals surface area contributed by atoms with Crippen LogP contribution in [0, 0.1) is 0 Å². The van der Waals surface area contributed by atoms with Crippen molar-refractivity contribution in [2.75, 3.05) is 10.6 Å². The Bertz CT molecular complexity index is 699. The first-order chi connectivity index (χ1) is 9.95. The molecule has 21 heavy (non-hydrogen) atoms. The normalized spacial score (nSPS) is 12.9. The summed E-state index contributed by atoms with van der Waals surface area (Å²) in [7, 11) is -3.46. The molecule has 0 aliphatic carbocycles. The van der Waals surface area contributed by atoms with Gasteiger partial charge in [-0.05, 0) is 36.1 Å². The Morgan fingerprint density at radius 2 is 1.81 bits per heavy atom. The third-order valence-electron chi connectivity index (χ3n) is 3.49. The first-order valence-electron chi connectivity index (χ1n) is 6.95. The van der Waals surface area contributed by atoms with Crippen LogP contribution in [0.4, 0.5) is 11.5 Å². The van der Waals surface area contributed by atoms with Crippen LogP contribution in [0.3, 0.4) is 0 Å². The standard InChI is InChI=1S/C16H20N2O2S/c1-4-13(2)14-9-5-6-10-15(14)18(21(3,19)20)16-11-7-8-12-17-16/h5-13H,4H2,1-3H3. The van der Waals surface area contributed by atoms with E-state index in [1.54, 1.807) is 24.4 Å². The molecule has 0 spiro atoms. The highest BCUT2D eigenvalue weighted by atomic mass is 32.2. The molecular weight excluding hydrogens is 284 g/mol. The number of para-hydroxylation sites is 1. The zero-order valence-electron chi connectivity index (χ0n) is 12.5. The van der Waals surface area contributed by atoms with Gasteiger partial charge in [0.25, 0.3) is 0 Å². The van der Waals surface area contributed by atoms with Crippen molar-refractivity contribution >= 4 is 21.5 Å². The Balaban J connectivity index is 2.64. The average Bonchev–Trinajstić information content (AvgIpc) is 2.47. The highest BCUT2D eigenvalue weighted by molar-refractivity contribution is 7.92. The van der Waals surface area contributed by atoms with Gasteiger partial charge in [-0.3, -0.25) is 0 Å². The molecule has 0 N–H and O–H groups in total. The Morgan fingerprint density at radius 3 is 2.38 bits per heavy atom. The number of anilines is 2. The molecule has 0 aliphatic rings. The van der Waals surface area contributed by atoms with E-state index in [2.05, 4.69) is 18.8 Å². The molecule has 1 unspecified atom stereocenters. The van der Waals surface area contributed by atoms with Crippen LogP contribution in [0.25, 0.3) is 0 Å². The number of nitrogens with zero attached hydrogens (tertiary/aromatic N) is 2. The molecule has 5 heteroatoms. The smallest absolute Gasteiger partial charge is 0.237 e. The second-order valence-corrected chi connectivity index (χ2v) is 6.91. The second-order valence-electron chi connectivity index (χ2n) is 5.08. The predicted octanol–water partition coefficient (Wildman–Crippen LogP) is 3.69. The van der Waals surface area contributed by atoms with Gasteiger partial charge in [0, 0.05) is 6.20 Å². The lowest BCUT2D eigenvalue weighted by Gasteiger charge is -2.25. The maximum Gasteiger partial charge on any atom is 0.237 e. The van der Waals surface area contributed by atoms with E-state index in [-0.39, 0.29) is 5.92 Å². The van der Waals surface area contributed by atoms with Gasteiger partial charge in [-0.25, -0.2) is 17.7 Å². The molecule has 112 valence electrons. The zero-order chi connectivity index (χ0) is 15.5. The van der Waals surface area contributed by atoms with Gasteiger partial charge in [0.15, 0.2) is 0 Å². The summed E-state index contributed by atoms with van der Waals surface area (Å²) in [5.74, 6) is 0.685. The Hall–Kier alpha value is -1.88. The summed E-state index contributed by atoms with van der Waals surface area (Å²) < 4.78 is 25.9. The van der Waals surface area contributed by atoms with Crippen LogP contribution < -0.4 is 4.31 Å². The number of benzene rings is 1. The van der Waals surface area contributed by atoms with E-state index in [0.717, 1.165) is 12.0 Å². The molecule has 0 radical (unpaired) electrons. The maximum atomic E-state index is 12.3. The van der Waals surface area contributed by atoms with Crippen LogP contribution in [-0.2, 0) is 10.0 Å². The first-order valence-corrected chi connectivity index (χ1v) is 8.80. The van der Waals surface area contributed by atoms with Crippen LogP contribution in [0.1, 0.15) is 31.7 Å². The lowest BCUT2D eigenvalue weighted by molar-refractivity contribution is 0.601. The fraction of sp³-hybridized carbons (Fsp3) is 0.312. The SMILES string of the molecule is CCC(C)c1ccccc1N(c1ccccn1)S(C)(=O)=O. The van der Waals surface area contributed by atoms with Gasteiger partial charge in [0.05, 0.1) is 11.9 Å². The molecule has 0 bridgehead atoms. The van der Waals surface area contributed by atoms with Crippen molar-refractivity contribution in [3.05, 3.63) is 54.2 Å². The van der Waals surface area contributed by atoms with Crippen LogP contribution >= 0.6 is 0 Å². The lowest BCUT2D eigenvalue weighted by atomic mass is 9.97. The van der Waals surface area contributed by atoms with Crippen LogP contribution in [0.15, 0.2) is 48.7 Å². The molecule has 0 amide bonds. The van der Waals surface area contributed by atoms with Gasteiger partial charge in [-0.2, -0.15) is 0 Å². The summed E-state index contributed by atoms with van der Waals surface area (Å²) in [5, 5.41) is 0. The van der Waals surface area contributed by atoms with Gasteiger partial charge in [-0.15, -0.1) is 0 Å². The van der Waals surface area contributed by atoms with E-state index >= 15 is 0 Å². The Labute approximate surface area is 126 Å². The molecular formula is C16H20N2O2S. The molecule has 1 aromatic carbocycles. The number of sulfonamides is 1. The maximum absolute atomic E-state index is 12.3. The number of hydrogen-bond acceptors (Lipinski definition) is 3. The van der Waals surface area contributed by atoms with Gasteiger partial charge in [-0.1, -0.05) is 38.1 Å². The fourth-order valence-corrected chi connectivity index (χ4v) is 3.23. The topological polar surface area (TPSA) is 50.3 Å². The number of aromatic nitrogens is 1. The van der Waals surface area contributed by atoms with E-state index in [9.17, 15) is 8.42 Å². The molecule has 2 rings (SSSR count). The van der Waals surface area contributed by atoms with Gasteiger partial charge < -0.3 is 0 Å². The van der Waals surface area contributed by atoms with Crippen molar-refractivity contribution in [3.8, 4) is 0 Å². The van der Waals surface area contributed by atoms with Crippen molar-refractivity contribution in [1.29, 1.82) is 0 Å². The zero-order valence-corrected chi connectivity index (χ0v) is 13.3. The molecule has 1 atom stereocenters. The highest BCUT2D eigenvalue weighted by Gasteiger charge is 2.24. The van der Waals surface area contributed by atoms with E-state index in [1.165, 1.54) is 10.6 Å². The quantitative estimate of drug-likeness (QED) is 0.846. The number of rotatable bonds is 5. The summed E-state index contributed by atoms with van der Waals surface area (Å²) in [5.41, 5.74) is 1.68. The van der Waals surface area contributed by atoms with E-state index in [0.29, 0.717) is 11.5 Å². The third kappa shape index (κ3) is 3.42. The molecule has 1 aromatic heterocycles. The van der Waals surface area contributed by atoms with E-state index in [1.807, 2.05) is 24.3 Å². The van der Waals surface area contributed by atoms with Crippen molar-refractivity contribution in [1.82, 2.24) is 4.98 Å². The Kier molecular flexibility index (Phi) is 4.63. The largest absolute Gasteiger partial charge is 0.238 e. The van der Waals surface area contributed by atoms with Crippen LogP contribution in [-0.4, -0.2) is 19.7 Å². The van der Waals surface area contributed by atoms with E-state index in [4.69, 9.17) is 0 Å².